The van der Waals surface area contributed by atoms with Crippen LogP contribution in [-0.4, -0.2) is 34.4 Å². The van der Waals surface area contributed by atoms with E-state index in [1.807, 2.05) is 74.5 Å². The van der Waals surface area contributed by atoms with Crippen LogP contribution >= 0.6 is 11.6 Å². The first-order chi connectivity index (χ1) is 16.5. The van der Waals surface area contributed by atoms with Gasteiger partial charge in [-0.2, -0.15) is 0 Å². The van der Waals surface area contributed by atoms with E-state index in [2.05, 4.69) is 4.98 Å². The van der Waals surface area contributed by atoms with E-state index in [0.717, 1.165) is 45.8 Å². The van der Waals surface area contributed by atoms with Gasteiger partial charge in [0.15, 0.2) is 0 Å². The van der Waals surface area contributed by atoms with Gasteiger partial charge in [-0.3, -0.25) is 0 Å². The second-order valence-electron chi connectivity index (χ2n) is 9.19. The highest BCUT2D eigenvalue weighted by Gasteiger charge is 2.22. The number of nitrogens with zero attached hydrogens (tertiary/aromatic N) is 1. The SMILES string of the molecule is CC(C)Oc1ccccc1-c1cc2nc([C@H](CO)c3ccc(OCC4CC4)cc3)[nH]c2cc1Cl. The summed E-state index contributed by atoms with van der Waals surface area (Å²) in [5.74, 6) is 2.77. The Morgan fingerprint density at radius 1 is 1.06 bits per heavy atom. The minimum absolute atomic E-state index is 0.0523. The van der Waals surface area contributed by atoms with Crippen molar-refractivity contribution in [2.75, 3.05) is 13.2 Å². The zero-order valence-corrected chi connectivity index (χ0v) is 20.2. The van der Waals surface area contributed by atoms with Gasteiger partial charge in [0.05, 0.1) is 41.3 Å². The number of hydrogen-bond donors (Lipinski definition) is 2. The molecule has 1 aromatic heterocycles. The van der Waals surface area contributed by atoms with Crippen LogP contribution in [0.1, 0.15) is 44.0 Å². The molecule has 1 fully saturated rings. The Balaban J connectivity index is 1.44. The van der Waals surface area contributed by atoms with Gasteiger partial charge in [-0.25, -0.2) is 4.98 Å². The maximum Gasteiger partial charge on any atom is 0.127 e. The highest BCUT2D eigenvalue weighted by Crippen LogP contribution is 2.38. The van der Waals surface area contributed by atoms with Crippen molar-refractivity contribution in [1.82, 2.24) is 9.97 Å². The number of nitrogens with one attached hydrogen (secondary N) is 1. The number of fused-ring (bicyclic) bond motifs is 1. The molecule has 0 bridgehead atoms. The number of aliphatic hydroxyl groups is 1. The highest BCUT2D eigenvalue weighted by atomic mass is 35.5. The van der Waals surface area contributed by atoms with Gasteiger partial charge >= 0.3 is 0 Å². The number of aromatic nitrogens is 2. The molecule has 1 aliphatic carbocycles. The third kappa shape index (κ3) is 4.91. The van der Waals surface area contributed by atoms with E-state index in [-0.39, 0.29) is 18.6 Å². The Labute approximate surface area is 204 Å². The first kappa shape index (κ1) is 22.8. The third-order valence-electron chi connectivity index (χ3n) is 6.11. The summed E-state index contributed by atoms with van der Waals surface area (Å²) in [7, 11) is 0. The normalized spacial score (nSPS) is 14.5. The quantitative estimate of drug-likeness (QED) is 0.286. The van der Waals surface area contributed by atoms with Crippen molar-refractivity contribution in [1.29, 1.82) is 0 Å². The van der Waals surface area contributed by atoms with Gasteiger partial charge in [0.25, 0.3) is 0 Å². The number of hydrogen-bond acceptors (Lipinski definition) is 4. The van der Waals surface area contributed by atoms with Crippen molar-refractivity contribution in [3.63, 3.8) is 0 Å². The van der Waals surface area contributed by atoms with Gasteiger partial charge in [0.2, 0.25) is 0 Å². The molecule has 1 atom stereocenters. The molecule has 6 heteroatoms. The molecule has 1 heterocycles. The molecule has 0 aliphatic heterocycles. The van der Waals surface area contributed by atoms with E-state index in [1.54, 1.807) is 0 Å². The molecule has 1 aliphatic rings. The average Bonchev–Trinajstić information content (AvgIpc) is 3.57. The topological polar surface area (TPSA) is 67.4 Å². The van der Waals surface area contributed by atoms with Gasteiger partial charge in [-0.15, -0.1) is 0 Å². The fourth-order valence-electron chi connectivity index (χ4n) is 4.11. The Bertz CT molecular complexity index is 1280. The lowest BCUT2D eigenvalue weighted by atomic mass is 9.99. The first-order valence-electron chi connectivity index (χ1n) is 11.8. The molecule has 0 unspecified atom stereocenters. The number of aromatic amines is 1. The lowest BCUT2D eigenvalue weighted by molar-refractivity contribution is 0.243. The minimum Gasteiger partial charge on any atom is -0.493 e. The first-order valence-corrected chi connectivity index (χ1v) is 12.2. The monoisotopic (exact) mass is 476 g/mol. The van der Waals surface area contributed by atoms with Crippen LogP contribution in [0, 0.1) is 5.92 Å². The number of benzene rings is 3. The van der Waals surface area contributed by atoms with Crippen LogP contribution in [0.5, 0.6) is 11.5 Å². The number of aliphatic hydroxyl groups excluding tert-OH is 1. The minimum atomic E-state index is -0.274. The van der Waals surface area contributed by atoms with Gasteiger partial charge in [0.1, 0.15) is 17.3 Å². The lowest BCUT2D eigenvalue weighted by Gasteiger charge is -2.15. The maximum atomic E-state index is 10.2. The zero-order valence-electron chi connectivity index (χ0n) is 19.4. The van der Waals surface area contributed by atoms with Gasteiger partial charge in [0, 0.05) is 11.1 Å². The van der Waals surface area contributed by atoms with Crippen LogP contribution in [-0.2, 0) is 0 Å². The standard InChI is InChI=1S/C28H29ClN2O3/c1-17(2)34-27-6-4-3-5-21(27)22-13-25-26(14-24(22)29)31-28(30-25)23(15-32)19-9-11-20(12-10-19)33-16-18-7-8-18/h3-6,9-14,17-18,23,32H,7-8,15-16H2,1-2H3,(H,30,31)/t23-/m1/s1. The molecule has 176 valence electrons. The summed E-state index contributed by atoms with van der Waals surface area (Å²) < 4.78 is 11.8. The number of rotatable bonds is 9. The van der Waals surface area contributed by atoms with Crippen molar-refractivity contribution in [3.8, 4) is 22.6 Å². The molecular weight excluding hydrogens is 448 g/mol. The zero-order chi connectivity index (χ0) is 23.7. The maximum absolute atomic E-state index is 10.2. The Kier molecular flexibility index (Phi) is 6.48. The second-order valence-corrected chi connectivity index (χ2v) is 9.60. The van der Waals surface area contributed by atoms with E-state index in [1.165, 1.54) is 12.8 Å². The van der Waals surface area contributed by atoms with Crippen LogP contribution in [0.15, 0.2) is 60.7 Å². The molecule has 5 nitrogen and oxygen atoms in total. The third-order valence-corrected chi connectivity index (χ3v) is 6.42. The summed E-state index contributed by atoms with van der Waals surface area (Å²) in [6.45, 7) is 4.72. The molecule has 4 aromatic rings. The van der Waals surface area contributed by atoms with Crippen LogP contribution in [0.3, 0.4) is 0 Å². The number of imidazole rings is 1. The Morgan fingerprint density at radius 2 is 1.82 bits per heavy atom. The van der Waals surface area contributed by atoms with Gasteiger partial charge < -0.3 is 19.6 Å². The van der Waals surface area contributed by atoms with Crippen molar-refractivity contribution >= 4 is 22.6 Å². The van der Waals surface area contributed by atoms with Crippen LogP contribution in [0.4, 0.5) is 0 Å². The number of ether oxygens (including phenoxy) is 2. The molecule has 2 N–H and O–H groups in total. The average molecular weight is 477 g/mol. The number of H-pyrrole nitrogens is 1. The van der Waals surface area contributed by atoms with Crippen LogP contribution in [0.25, 0.3) is 22.2 Å². The molecule has 0 amide bonds. The molecule has 0 spiro atoms. The predicted molar refractivity (Wildman–Crippen MR) is 136 cm³/mol. The molecule has 0 radical (unpaired) electrons. The fraction of sp³-hybridized carbons (Fsp3) is 0.321. The molecule has 1 saturated carbocycles. The summed E-state index contributed by atoms with van der Waals surface area (Å²) >= 11 is 6.69. The van der Waals surface area contributed by atoms with Crippen molar-refractivity contribution in [2.45, 2.75) is 38.7 Å². The van der Waals surface area contributed by atoms with E-state index < -0.39 is 0 Å². The number of halogens is 1. The van der Waals surface area contributed by atoms with Crippen LogP contribution in [0.2, 0.25) is 5.02 Å². The van der Waals surface area contributed by atoms with Crippen LogP contribution < -0.4 is 9.47 Å². The van der Waals surface area contributed by atoms with E-state index in [9.17, 15) is 5.11 Å². The summed E-state index contributed by atoms with van der Waals surface area (Å²) in [6.07, 6.45) is 2.58. The molecule has 5 rings (SSSR count). The molecule has 3 aromatic carbocycles. The molecular formula is C28H29ClN2O3. The molecule has 34 heavy (non-hydrogen) atoms. The van der Waals surface area contributed by atoms with Gasteiger partial charge in [-0.05, 0) is 68.5 Å². The summed E-state index contributed by atoms with van der Waals surface area (Å²) in [6, 6.07) is 19.7. The van der Waals surface area contributed by atoms with Crippen molar-refractivity contribution < 1.29 is 14.6 Å². The van der Waals surface area contributed by atoms with Crippen molar-refractivity contribution in [3.05, 3.63) is 77.1 Å². The largest absolute Gasteiger partial charge is 0.493 e. The predicted octanol–water partition coefficient (Wildman–Crippen LogP) is 6.58. The highest BCUT2D eigenvalue weighted by molar-refractivity contribution is 6.34. The number of para-hydroxylation sites is 1. The van der Waals surface area contributed by atoms with E-state index in [4.69, 9.17) is 26.1 Å². The van der Waals surface area contributed by atoms with E-state index >= 15 is 0 Å². The van der Waals surface area contributed by atoms with E-state index in [0.29, 0.717) is 16.8 Å². The molecule has 0 saturated heterocycles. The summed E-state index contributed by atoms with van der Waals surface area (Å²) in [5.41, 5.74) is 4.38. The fourth-order valence-corrected chi connectivity index (χ4v) is 4.38. The Morgan fingerprint density at radius 3 is 2.53 bits per heavy atom. The van der Waals surface area contributed by atoms with Gasteiger partial charge in [-0.1, -0.05) is 41.9 Å². The van der Waals surface area contributed by atoms with Crippen molar-refractivity contribution in [2.24, 2.45) is 5.92 Å². The Hall–Kier alpha value is -3.02. The lowest BCUT2D eigenvalue weighted by Crippen LogP contribution is -2.08. The smallest absolute Gasteiger partial charge is 0.127 e. The summed E-state index contributed by atoms with van der Waals surface area (Å²) in [5, 5.41) is 10.8. The second kappa shape index (κ2) is 9.69. The summed E-state index contributed by atoms with van der Waals surface area (Å²) in [4.78, 5) is 8.18.